The number of amides is 1. The fraction of sp³-hybridized carbons (Fsp3) is 0.900. The smallest absolute Gasteiger partial charge is 0.225 e. The lowest BCUT2D eigenvalue weighted by molar-refractivity contribution is -0.132. The minimum atomic E-state index is -0.309. The molecule has 0 saturated carbocycles. The predicted molar refractivity (Wildman–Crippen MR) is 66.9 cm³/mol. The third-order valence-electron chi connectivity index (χ3n) is 2.36. The summed E-state index contributed by atoms with van der Waals surface area (Å²) in [6.07, 6.45) is 2.31. The Labute approximate surface area is 99.2 Å². The standard InChI is InChI=1S/C10H19NO2S2/c1-2-4-14-15-5-3-9(12)6-8-7-11-10(8)13/h8-9,12H,2-7H2,1H3,(H,11,13)/t8-,9?/m1/s1. The first-order valence-corrected chi connectivity index (χ1v) is 7.93. The number of carbonyl (C=O) groups is 1. The van der Waals surface area contributed by atoms with E-state index in [-0.39, 0.29) is 17.9 Å². The van der Waals surface area contributed by atoms with E-state index in [0.717, 1.165) is 18.7 Å². The predicted octanol–water partition coefficient (Wildman–Crippen LogP) is 1.66. The van der Waals surface area contributed by atoms with Gasteiger partial charge in [-0.25, -0.2) is 0 Å². The highest BCUT2D eigenvalue weighted by Crippen LogP contribution is 2.24. The monoisotopic (exact) mass is 249 g/mol. The van der Waals surface area contributed by atoms with E-state index in [9.17, 15) is 9.90 Å². The molecule has 88 valence electrons. The minimum Gasteiger partial charge on any atom is -0.393 e. The average molecular weight is 249 g/mol. The topological polar surface area (TPSA) is 49.3 Å². The highest BCUT2D eigenvalue weighted by Gasteiger charge is 2.29. The van der Waals surface area contributed by atoms with Crippen LogP contribution in [0.4, 0.5) is 0 Å². The van der Waals surface area contributed by atoms with Crippen LogP contribution in [0.5, 0.6) is 0 Å². The van der Waals surface area contributed by atoms with Crippen LogP contribution in [0, 0.1) is 5.92 Å². The maximum Gasteiger partial charge on any atom is 0.225 e. The summed E-state index contributed by atoms with van der Waals surface area (Å²) in [7, 11) is 3.68. The Morgan fingerprint density at radius 2 is 2.27 bits per heavy atom. The van der Waals surface area contributed by atoms with E-state index >= 15 is 0 Å². The largest absolute Gasteiger partial charge is 0.393 e. The second kappa shape index (κ2) is 7.41. The zero-order chi connectivity index (χ0) is 11.1. The number of aliphatic hydroxyl groups is 1. The molecule has 2 N–H and O–H groups in total. The van der Waals surface area contributed by atoms with Crippen molar-refractivity contribution in [2.75, 3.05) is 18.1 Å². The number of carbonyl (C=O) groups excluding carboxylic acids is 1. The van der Waals surface area contributed by atoms with Gasteiger partial charge in [-0.2, -0.15) is 0 Å². The van der Waals surface area contributed by atoms with Crippen molar-refractivity contribution in [3.05, 3.63) is 0 Å². The second-order valence-electron chi connectivity index (χ2n) is 3.76. The van der Waals surface area contributed by atoms with Gasteiger partial charge < -0.3 is 10.4 Å². The van der Waals surface area contributed by atoms with Crippen LogP contribution in [0.3, 0.4) is 0 Å². The van der Waals surface area contributed by atoms with Crippen LogP contribution in [0.15, 0.2) is 0 Å². The minimum absolute atomic E-state index is 0.0632. The van der Waals surface area contributed by atoms with Crippen molar-refractivity contribution >= 4 is 27.5 Å². The Balaban J connectivity index is 1.94. The maximum absolute atomic E-state index is 10.9. The lowest BCUT2D eigenvalue weighted by Gasteiger charge is -2.27. The van der Waals surface area contributed by atoms with Crippen molar-refractivity contribution in [2.24, 2.45) is 5.92 Å². The SMILES string of the molecule is CCCSSCCC(O)C[C@@H]1CNC1=O. The Bertz CT molecular complexity index is 202. The van der Waals surface area contributed by atoms with Crippen LogP contribution in [0.1, 0.15) is 26.2 Å². The molecule has 1 amide bonds. The van der Waals surface area contributed by atoms with Gasteiger partial charge >= 0.3 is 0 Å². The zero-order valence-electron chi connectivity index (χ0n) is 9.07. The van der Waals surface area contributed by atoms with Gasteiger partial charge in [0.2, 0.25) is 5.91 Å². The molecule has 0 aromatic heterocycles. The number of β-lactam (4-membered cyclic amide) rings is 1. The van der Waals surface area contributed by atoms with Gasteiger partial charge in [-0.05, 0) is 19.3 Å². The van der Waals surface area contributed by atoms with Gasteiger partial charge in [-0.15, -0.1) is 0 Å². The lowest BCUT2D eigenvalue weighted by atomic mass is 9.94. The summed E-state index contributed by atoms with van der Waals surface area (Å²) in [5.41, 5.74) is 0. The first kappa shape index (κ1) is 13.2. The molecule has 0 bridgehead atoms. The summed E-state index contributed by atoms with van der Waals surface area (Å²) >= 11 is 0. The quantitative estimate of drug-likeness (QED) is 0.390. The van der Waals surface area contributed by atoms with Crippen molar-refractivity contribution in [2.45, 2.75) is 32.3 Å². The van der Waals surface area contributed by atoms with Crippen molar-refractivity contribution < 1.29 is 9.90 Å². The molecule has 1 rings (SSSR count). The molecular weight excluding hydrogens is 230 g/mol. The molecule has 1 heterocycles. The Kier molecular flexibility index (Phi) is 6.52. The van der Waals surface area contributed by atoms with Gasteiger partial charge in [0.05, 0.1) is 12.0 Å². The third-order valence-corrected chi connectivity index (χ3v) is 5.00. The number of rotatable bonds is 8. The van der Waals surface area contributed by atoms with E-state index < -0.39 is 0 Å². The van der Waals surface area contributed by atoms with E-state index in [1.807, 2.05) is 21.6 Å². The first-order valence-electron chi connectivity index (χ1n) is 5.44. The van der Waals surface area contributed by atoms with Gasteiger partial charge in [0, 0.05) is 18.1 Å². The maximum atomic E-state index is 10.9. The summed E-state index contributed by atoms with van der Waals surface area (Å²) in [4.78, 5) is 10.9. The van der Waals surface area contributed by atoms with Gasteiger partial charge in [0.15, 0.2) is 0 Å². The van der Waals surface area contributed by atoms with Crippen LogP contribution in [-0.4, -0.2) is 35.2 Å². The second-order valence-corrected chi connectivity index (χ2v) is 6.47. The van der Waals surface area contributed by atoms with Gasteiger partial charge in [-0.3, -0.25) is 4.79 Å². The van der Waals surface area contributed by atoms with Crippen LogP contribution in [0.2, 0.25) is 0 Å². The van der Waals surface area contributed by atoms with Crippen molar-refractivity contribution in [3.8, 4) is 0 Å². The van der Waals surface area contributed by atoms with Crippen molar-refractivity contribution in [1.29, 1.82) is 0 Å². The van der Waals surface area contributed by atoms with Crippen molar-refractivity contribution in [1.82, 2.24) is 5.32 Å². The van der Waals surface area contributed by atoms with E-state index in [2.05, 4.69) is 12.2 Å². The molecule has 0 aliphatic carbocycles. The first-order chi connectivity index (χ1) is 7.24. The fourth-order valence-corrected chi connectivity index (χ4v) is 3.62. The zero-order valence-corrected chi connectivity index (χ0v) is 10.7. The highest BCUT2D eigenvalue weighted by molar-refractivity contribution is 8.76. The van der Waals surface area contributed by atoms with E-state index in [0.29, 0.717) is 6.42 Å². The molecule has 1 saturated heterocycles. The van der Waals surface area contributed by atoms with E-state index in [1.54, 1.807) is 0 Å². The van der Waals surface area contributed by atoms with Gasteiger partial charge in [0.25, 0.3) is 0 Å². The summed E-state index contributed by atoms with van der Waals surface area (Å²) in [6, 6.07) is 0. The number of nitrogens with one attached hydrogen (secondary N) is 1. The number of hydrogen-bond donors (Lipinski definition) is 2. The number of hydrogen-bond acceptors (Lipinski definition) is 4. The summed E-state index contributed by atoms with van der Waals surface area (Å²) < 4.78 is 0. The molecule has 15 heavy (non-hydrogen) atoms. The normalized spacial score (nSPS) is 22.0. The Hall–Kier alpha value is 0.130. The molecule has 1 unspecified atom stereocenters. The van der Waals surface area contributed by atoms with Crippen LogP contribution in [-0.2, 0) is 4.79 Å². The van der Waals surface area contributed by atoms with Crippen LogP contribution < -0.4 is 5.32 Å². The molecule has 1 aliphatic heterocycles. The van der Waals surface area contributed by atoms with E-state index in [4.69, 9.17) is 0 Å². The molecule has 0 aromatic carbocycles. The molecule has 1 aliphatic rings. The summed E-state index contributed by atoms with van der Waals surface area (Å²) in [5, 5.41) is 12.3. The molecular formula is C10H19NO2S2. The number of aliphatic hydroxyl groups excluding tert-OH is 1. The average Bonchev–Trinajstić information content (AvgIpc) is 2.23. The Morgan fingerprint density at radius 1 is 1.53 bits per heavy atom. The van der Waals surface area contributed by atoms with Crippen molar-refractivity contribution in [3.63, 3.8) is 0 Å². The molecule has 2 atom stereocenters. The molecule has 0 radical (unpaired) electrons. The summed E-state index contributed by atoms with van der Waals surface area (Å²) in [5.74, 6) is 2.31. The third kappa shape index (κ3) is 5.13. The molecule has 0 aromatic rings. The highest BCUT2D eigenvalue weighted by atomic mass is 33.1. The lowest BCUT2D eigenvalue weighted by Crippen LogP contribution is -2.49. The van der Waals surface area contributed by atoms with E-state index in [1.165, 1.54) is 12.2 Å². The van der Waals surface area contributed by atoms with Gasteiger partial charge in [-0.1, -0.05) is 28.5 Å². The molecule has 1 fully saturated rings. The molecule has 3 nitrogen and oxygen atoms in total. The summed E-state index contributed by atoms with van der Waals surface area (Å²) in [6.45, 7) is 2.91. The molecule has 0 spiro atoms. The van der Waals surface area contributed by atoms with Crippen LogP contribution >= 0.6 is 21.6 Å². The van der Waals surface area contributed by atoms with Gasteiger partial charge in [0.1, 0.15) is 0 Å². The fourth-order valence-electron chi connectivity index (χ4n) is 1.35. The Morgan fingerprint density at radius 3 is 2.80 bits per heavy atom. The van der Waals surface area contributed by atoms with Crippen LogP contribution in [0.25, 0.3) is 0 Å². The molecule has 5 heteroatoms.